The minimum atomic E-state index is -0.202. The van der Waals surface area contributed by atoms with E-state index in [0.717, 1.165) is 90.3 Å². The second-order valence-corrected chi connectivity index (χ2v) is 14.3. The van der Waals surface area contributed by atoms with Crippen LogP contribution in [-0.2, 0) is 12.8 Å². The van der Waals surface area contributed by atoms with Crippen molar-refractivity contribution in [1.82, 2.24) is 29.5 Å². The van der Waals surface area contributed by atoms with Crippen LogP contribution in [0.2, 0.25) is 0 Å². The molecule has 2 N–H and O–H groups in total. The maximum absolute atomic E-state index is 13.6. The largest absolute Gasteiger partial charge is 0.393 e. The maximum Gasteiger partial charge on any atom is 0.280 e. The third kappa shape index (κ3) is 6.51. The Labute approximate surface area is 249 Å². The fourth-order valence-corrected chi connectivity index (χ4v) is 7.38. The van der Waals surface area contributed by atoms with Crippen LogP contribution < -0.4 is 5.32 Å². The number of hydrogen-bond acceptors (Lipinski definition) is 9. The molecule has 0 spiro atoms. The van der Waals surface area contributed by atoms with Crippen LogP contribution in [0.4, 0.5) is 0 Å². The summed E-state index contributed by atoms with van der Waals surface area (Å²) in [7, 11) is 0. The Bertz CT molecular complexity index is 1490. The van der Waals surface area contributed by atoms with Gasteiger partial charge in [0.15, 0.2) is 5.01 Å². The number of nitrogens with zero attached hydrogens (tertiary/aromatic N) is 5. The normalized spacial score (nSPS) is 19.3. The molecule has 10 heteroatoms. The quantitative estimate of drug-likeness (QED) is 0.285. The summed E-state index contributed by atoms with van der Waals surface area (Å²) >= 11 is 2.75. The number of aryl methyl sites for hydroxylation is 1. The third-order valence-electron chi connectivity index (χ3n) is 8.69. The number of carbonyl (C=O) groups excluding carboxylic acids is 1. The highest BCUT2D eigenvalue weighted by Crippen LogP contribution is 2.38. The molecule has 1 aliphatic carbocycles. The zero-order valence-electron chi connectivity index (χ0n) is 24.0. The average molecular weight is 591 g/mol. The molecule has 1 aromatic carbocycles. The number of nitrogens with one attached hydrogen (secondary N) is 1. The summed E-state index contributed by atoms with van der Waals surface area (Å²) in [4.78, 5) is 30.8. The number of likely N-dealkylation sites (tertiary alicyclic amines) is 1. The maximum atomic E-state index is 13.6. The van der Waals surface area contributed by atoms with E-state index in [1.54, 1.807) is 6.33 Å². The Morgan fingerprint density at radius 3 is 2.63 bits per heavy atom. The summed E-state index contributed by atoms with van der Waals surface area (Å²) in [6.45, 7) is 9.54. The van der Waals surface area contributed by atoms with Gasteiger partial charge in [0, 0.05) is 30.9 Å². The van der Waals surface area contributed by atoms with E-state index in [9.17, 15) is 9.90 Å². The van der Waals surface area contributed by atoms with Crippen molar-refractivity contribution in [3.63, 3.8) is 0 Å². The first-order valence-corrected chi connectivity index (χ1v) is 16.2. The average Bonchev–Trinajstić information content (AvgIpc) is 3.64. The molecule has 2 atom stereocenters. The van der Waals surface area contributed by atoms with Crippen LogP contribution >= 0.6 is 22.9 Å². The lowest BCUT2D eigenvalue weighted by molar-refractivity contribution is 0.0795. The Kier molecular flexibility index (Phi) is 8.18. The topological polar surface area (TPSA) is 104 Å². The van der Waals surface area contributed by atoms with Gasteiger partial charge in [0.25, 0.3) is 5.91 Å². The number of hydrogen-bond donors (Lipinski definition) is 2. The summed E-state index contributed by atoms with van der Waals surface area (Å²) in [6, 6.07) is 10.2. The van der Waals surface area contributed by atoms with Crippen LogP contribution in [0.3, 0.4) is 0 Å². The molecule has 1 aliphatic heterocycles. The van der Waals surface area contributed by atoms with Gasteiger partial charge >= 0.3 is 0 Å². The van der Waals surface area contributed by atoms with Crippen molar-refractivity contribution in [2.24, 2.45) is 11.3 Å². The van der Waals surface area contributed by atoms with E-state index in [1.165, 1.54) is 28.4 Å². The van der Waals surface area contributed by atoms with Crippen molar-refractivity contribution in [2.45, 2.75) is 71.4 Å². The smallest absolute Gasteiger partial charge is 0.280 e. The highest BCUT2D eigenvalue weighted by atomic mass is 32.1. The van der Waals surface area contributed by atoms with Crippen molar-refractivity contribution >= 4 is 39.1 Å². The molecule has 0 unspecified atom stereocenters. The second-order valence-electron chi connectivity index (χ2n) is 12.5. The number of fused-ring (bicyclic) bond motifs is 2. The van der Waals surface area contributed by atoms with Gasteiger partial charge in [0.05, 0.1) is 12.1 Å². The van der Waals surface area contributed by atoms with Gasteiger partial charge in [-0.05, 0) is 78.6 Å². The SMILES string of the molecule is CC(C)(C)[C@H]1CCc2nc3sc(C(=O)N[C@H](CCN4CCC(O)CC4)c4ccc(-c5ncns5)cc4)nc3cc2C1. The number of benzene rings is 1. The Morgan fingerprint density at radius 2 is 1.93 bits per heavy atom. The predicted molar refractivity (Wildman–Crippen MR) is 164 cm³/mol. The van der Waals surface area contributed by atoms with E-state index in [1.807, 2.05) is 12.1 Å². The van der Waals surface area contributed by atoms with Gasteiger partial charge in [0.1, 0.15) is 21.7 Å². The van der Waals surface area contributed by atoms with Gasteiger partial charge in [-0.1, -0.05) is 56.4 Å². The minimum Gasteiger partial charge on any atom is -0.393 e. The summed E-state index contributed by atoms with van der Waals surface area (Å²) in [5.74, 6) is 0.462. The second kappa shape index (κ2) is 11.8. The number of pyridine rings is 1. The molecule has 0 saturated carbocycles. The van der Waals surface area contributed by atoms with E-state index >= 15 is 0 Å². The Morgan fingerprint density at radius 1 is 1.15 bits per heavy atom. The lowest BCUT2D eigenvalue weighted by Crippen LogP contribution is -2.38. The van der Waals surface area contributed by atoms with Crippen LogP contribution in [-0.4, -0.2) is 61.0 Å². The number of aliphatic hydroxyl groups excluding tert-OH is 1. The molecule has 1 fully saturated rings. The van der Waals surface area contributed by atoms with Crippen molar-refractivity contribution in [3.05, 3.63) is 58.5 Å². The molecule has 0 bridgehead atoms. The van der Waals surface area contributed by atoms with Crippen molar-refractivity contribution < 1.29 is 9.90 Å². The molecule has 2 aliphatic rings. The molecule has 4 heterocycles. The number of carbonyl (C=O) groups is 1. The summed E-state index contributed by atoms with van der Waals surface area (Å²) in [5, 5.41) is 14.5. The number of rotatable bonds is 7. The molecular weight excluding hydrogens is 553 g/mol. The number of thiazole rings is 1. The Hall–Kier alpha value is -2.79. The van der Waals surface area contributed by atoms with Crippen LogP contribution in [0.15, 0.2) is 36.7 Å². The van der Waals surface area contributed by atoms with E-state index < -0.39 is 0 Å². The zero-order valence-corrected chi connectivity index (χ0v) is 25.6. The Balaban J connectivity index is 1.21. The van der Waals surface area contributed by atoms with Crippen molar-refractivity contribution in [3.8, 4) is 10.6 Å². The van der Waals surface area contributed by atoms with Crippen LogP contribution in [0.25, 0.3) is 20.9 Å². The van der Waals surface area contributed by atoms with Crippen molar-refractivity contribution in [1.29, 1.82) is 0 Å². The molecule has 8 nitrogen and oxygen atoms in total. The predicted octanol–water partition coefficient (Wildman–Crippen LogP) is 5.68. The van der Waals surface area contributed by atoms with Crippen LogP contribution in [0, 0.1) is 11.3 Å². The van der Waals surface area contributed by atoms with Gasteiger partial charge in [-0.2, -0.15) is 4.37 Å². The first kappa shape index (κ1) is 28.3. The zero-order chi connectivity index (χ0) is 28.6. The molecule has 3 aromatic heterocycles. The molecule has 1 amide bonds. The van der Waals surface area contributed by atoms with E-state index in [-0.39, 0.29) is 23.5 Å². The van der Waals surface area contributed by atoms with Gasteiger partial charge < -0.3 is 15.3 Å². The number of aromatic nitrogens is 4. The van der Waals surface area contributed by atoms with Crippen LogP contribution in [0.1, 0.15) is 79.1 Å². The molecule has 41 heavy (non-hydrogen) atoms. The van der Waals surface area contributed by atoms with Crippen molar-refractivity contribution in [2.75, 3.05) is 19.6 Å². The summed E-state index contributed by atoms with van der Waals surface area (Å²) < 4.78 is 4.11. The van der Waals surface area contributed by atoms with Gasteiger partial charge in [-0.3, -0.25) is 4.79 Å². The molecule has 6 rings (SSSR count). The van der Waals surface area contributed by atoms with E-state index in [4.69, 9.17) is 9.97 Å². The number of amides is 1. The standard InChI is InChI=1S/C31H38N6O2S2/c1-31(2,3)22-8-9-24-21(16-22)17-26-29(35-24)40-30(36-26)27(39)34-25(12-15-37-13-10-23(38)11-14-37)19-4-6-20(7-5-19)28-32-18-33-41-28/h4-7,17-18,22-23,25,38H,8-16H2,1-3H3,(H,34,39)/t22-,25+/m0/s1. The highest BCUT2D eigenvalue weighted by molar-refractivity contribution is 7.19. The van der Waals surface area contributed by atoms with E-state index in [0.29, 0.717) is 10.9 Å². The lowest BCUT2D eigenvalue weighted by atomic mass is 9.71. The molecule has 4 aromatic rings. The monoisotopic (exact) mass is 590 g/mol. The van der Waals surface area contributed by atoms with Gasteiger partial charge in [-0.25, -0.2) is 15.0 Å². The minimum absolute atomic E-state index is 0.161. The van der Waals surface area contributed by atoms with E-state index in [2.05, 4.69) is 58.5 Å². The van der Waals surface area contributed by atoms with Gasteiger partial charge in [-0.15, -0.1) is 0 Å². The van der Waals surface area contributed by atoms with Crippen LogP contribution in [0.5, 0.6) is 0 Å². The number of aliphatic hydroxyl groups is 1. The van der Waals surface area contributed by atoms with Gasteiger partial charge in [0.2, 0.25) is 0 Å². The lowest BCUT2D eigenvalue weighted by Gasteiger charge is -2.34. The third-order valence-corrected chi connectivity index (χ3v) is 10.4. The number of piperidine rings is 1. The first-order valence-electron chi connectivity index (χ1n) is 14.6. The molecule has 1 saturated heterocycles. The molecular formula is C31H38N6O2S2. The molecule has 216 valence electrons. The molecule has 0 radical (unpaired) electrons. The summed E-state index contributed by atoms with van der Waals surface area (Å²) in [5.41, 5.74) is 5.58. The summed E-state index contributed by atoms with van der Waals surface area (Å²) in [6.07, 6.45) is 6.88. The highest BCUT2D eigenvalue weighted by Gasteiger charge is 2.30. The first-order chi connectivity index (χ1) is 19.7. The fourth-order valence-electron chi connectivity index (χ4n) is 6.00. The fraction of sp³-hybridized carbons (Fsp3) is 0.516.